The fourth-order valence-corrected chi connectivity index (χ4v) is 1.74. The Kier molecular flexibility index (Phi) is 6.37. The number of amides is 2. The highest BCUT2D eigenvalue weighted by Gasteiger charge is 2.17. The highest BCUT2D eigenvalue weighted by molar-refractivity contribution is 5.89. The van der Waals surface area contributed by atoms with E-state index in [1.54, 1.807) is 24.3 Å². The fraction of sp³-hybridized carbons (Fsp3) is 0.400. The zero-order chi connectivity index (χ0) is 16.7. The summed E-state index contributed by atoms with van der Waals surface area (Å²) in [5, 5.41) is 11.5. The first-order valence-corrected chi connectivity index (χ1v) is 6.74. The molecule has 1 atom stereocenters. The molecule has 7 heteroatoms. The van der Waals surface area contributed by atoms with Crippen LogP contribution in [0.3, 0.4) is 0 Å². The average molecular weight is 308 g/mol. The number of hydrogen-bond acceptors (Lipinski definition) is 4. The van der Waals surface area contributed by atoms with Gasteiger partial charge < -0.3 is 20.1 Å². The molecular weight excluding hydrogens is 288 g/mol. The zero-order valence-electron chi connectivity index (χ0n) is 12.8. The van der Waals surface area contributed by atoms with Gasteiger partial charge in [0.2, 0.25) is 0 Å². The van der Waals surface area contributed by atoms with Crippen molar-refractivity contribution in [3.05, 3.63) is 29.8 Å². The first-order valence-electron chi connectivity index (χ1n) is 6.74. The van der Waals surface area contributed by atoms with Crippen molar-refractivity contribution in [3.8, 4) is 0 Å². The van der Waals surface area contributed by atoms with E-state index in [1.807, 2.05) is 0 Å². The Morgan fingerprint density at radius 1 is 1.27 bits per heavy atom. The predicted molar refractivity (Wildman–Crippen MR) is 80.6 cm³/mol. The van der Waals surface area contributed by atoms with E-state index in [9.17, 15) is 14.4 Å². The number of ether oxygens (including phenoxy) is 1. The van der Waals surface area contributed by atoms with Crippen molar-refractivity contribution in [2.75, 3.05) is 26.0 Å². The number of carboxylic acid groups (broad SMARTS) is 1. The Morgan fingerprint density at radius 2 is 1.86 bits per heavy atom. The molecule has 0 spiro atoms. The number of nitrogens with one attached hydrogen (secondary N) is 1. The molecule has 0 aromatic heterocycles. The Labute approximate surface area is 128 Å². The molecule has 0 aliphatic carbocycles. The third-order valence-electron chi connectivity index (χ3n) is 3.10. The van der Waals surface area contributed by atoms with Gasteiger partial charge in [-0.3, -0.25) is 9.59 Å². The van der Waals surface area contributed by atoms with Crippen LogP contribution >= 0.6 is 0 Å². The van der Waals surface area contributed by atoms with Crippen LogP contribution < -0.4 is 5.32 Å². The molecule has 0 saturated heterocycles. The minimum Gasteiger partial charge on any atom is -0.481 e. The Bertz CT molecular complexity index is 541. The SMILES string of the molecule is COC(=O)Cc1ccc(NC(=O)N(C)CC(C)C(=O)O)cc1. The van der Waals surface area contributed by atoms with Crippen LogP contribution in [0.4, 0.5) is 10.5 Å². The van der Waals surface area contributed by atoms with Crippen LogP contribution in [0.1, 0.15) is 12.5 Å². The molecule has 7 nitrogen and oxygen atoms in total. The van der Waals surface area contributed by atoms with Crippen LogP contribution in [-0.4, -0.2) is 48.7 Å². The molecule has 0 heterocycles. The van der Waals surface area contributed by atoms with Crippen molar-refractivity contribution in [2.45, 2.75) is 13.3 Å². The number of esters is 1. The summed E-state index contributed by atoms with van der Waals surface area (Å²) in [6.07, 6.45) is 0.167. The van der Waals surface area contributed by atoms with Crippen LogP contribution in [0.15, 0.2) is 24.3 Å². The number of benzene rings is 1. The van der Waals surface area contributed by atoms with Crippen LogP contribution in [0.25, 0.3) is 0 Å². The highest BCUT2D eigenvalue weighted by Crippen LogP contribution is 2.11. The summed E-state index contributed by atoms with van der Waals surface area (Å²) in [7, 11) is 2.85. The van der Waals surface area contributed by atoms with E-state index < -0.39 is 17.9 Å². The highest BCUT2D eigenvalue weighted by atomic mass is 16.5. The quantitative estimate of drug-likeness (QED) is 0.778. The van der Waals surface area contributed by atoms with Gasteiger partial charge in [-0.25, -0.2) is 4.79 Å². The van der Waals surface area contributed by atoms with Crippen LogP contribution in [0, 0.1) is 5.92 Å². The van der Waals surface area contributed by atoms with Gasteiger partial charge >= 0.3 is 18.0 Å². The molecular formula is C15H20N2O5. The number of aliphatic carboxylic acids is 1. The van der Waals surface area contributed by atoms with E-state index in [0.29, 0.717) is 5.69 Å². The summed E-state index contributed by atoms with van der Waals surface area (Å²) in [5.74, 6) is -1.93. The normalized spacial score (nSPS) is 11.4. The van der Waals surface area contributed by atoms with Gasteiger partial charge in [-0.05, 0) is 17.7 Å². The molecule has 1 aromatic rings. The number of rotatable bonds is 6. The lowest BCUT2D eigenvalue weighted by molar-refractivity contribution is -0.141. The van der Waals surface area contributed by atoms with E-state index in [4.69, 9.17) is 5.11 Å². The lowest BCUT2D eigenvalue weighted by atomic mass is 10.1. The fourth-order valence-electron chi connectivity index (χ4n) is 1.74. The largest absolute Gasteiger partial charge is 0.481 e. The summed E-state index contributed by atoms with van der Waals surface area (Å²) in [6, 6.07) is 6.38. The lowest BCUT2D eigenvalue weighted by Crippen LogP contribution is -2.36. The van der Waals surface area contributed by atoms with Gasteiger partial charge in [0.25, 0.3) is 0 Å². The number of methoxy groups -OCH3 is 1. The maximum Gasteiger partial charge on any atom is 0.321 e. The second-order valence-corrected chi connectivity index (χ2v) is 5.00. The molecule has 0 radical (unpaired) electrons. The van der Waals surface area contributed by atoms with Crippen molar-refractivity contribution in [1.82, 2.24) is 4.90 Å². The first kappa shape index (κ1) is 17.5. The summed E-state index contributed by atoms with van der Waals surface area (Å²) in [6.45, 7) is 1.65. The van der Waals surface area contributed by atoms with Gasteiger partial charge in [0.1, 0.15) is 0 Å². The maximum absolute atomic E-state index is 11.9. The molecule has 0 bridgehead atoms. The van der Waals surface area contributed by atoms with Gasteiger partial charge in [0, 0.05) is 19.3 Å². The summed E-state index contributed by atoms with van der Waals surface area (Å²) < 4.78 is 4.57. The lowest BCUT2D eigenvalue weighted by Gasteiger charge is -2.20. The topological polar surface area (TPSA) is 95.9 Å². The van der Waals surface area contributed by atoms with E-state index in [-0.39, 0.29) is 18.9 Å². The van der Waals surface area contributed by atoms with Crippen molar-refractivity contribution < 1.29 is 24.2 Å². The maximum atomic E-state index is 11.9. The number of anilines is 1. The summed E-state index contributed by atoms with van der Waals surface area (Å²) >= 11 is 0. The van der Waals surface area contributed by atoms with E-state index in [2.05, 4.69) is 10.1 Å². The van der Waals surface area contributed by atoms with E-state index in [1.165, 1.54) is 26.0 Å². The molecule has 2 amide bonds. The zero-order valence-corrected chi connectivity index (χ0v) is 12.8. The smallest absolute Gasteiger partial charge is 0.321 e. The first-order chi connectivity index (χ1) is 10.3. The van der Waals surface area contributed by atoms with Gasteiger partial charge in [-0.1, -0.05) is 19.1 Å². The van der Waals surface area contributed by atoms with Gasteiger partial charge in [-0.15, -0.1) is 0 Å². The standard InChI is InChI=1S/C15H20N2O5/c1-10(14(19)20)9-17(2)15(21)16-12-6-4-11(5-7-12)8-13(18)22-3/h4-7,10H,8-9H2,1-3H3,(H,16,21)(H,19,20). The van der Waals surface area contributed by atoms with E-state index in [0.717, 1.165) is 5.56 Å². The third-order valence-corrected chi connectivity index (χ3v) is 3.10. The molecule has 0 aliphatic rings. The second kappa shape index (κ2) is 8.02. The van der Waals surface area contributed by atoms with Crippen LogP contribution in [0.5, 0.6) is 0 Å². The van der Waals surface area contributed by atoms with Gasteiger partial charge in [-0.2, -0.15) is 0 Å². The predicted octanol–water partition coefficient (Wildman–Crippen LogP) is 1.59. The average Bonchev–Trinajstić information content (AvgIpc) is 2.48. The second-order valence-electron chi connectivity index (χ2n) is 5.00. The summed E-state index contributed by atoms with van der Waals surface area (Å²) in [4.78, 5) is 35.1. The molecule has 0 aliphatic heterocycles. The van der Waals surface area contributed by atoms with Crippen molar-refractivity contribution in [3.63, 3.8) is 0 Å². The molecule has 0 fully saturated rings. The molecule has 120 valence electrons. The van der Waals surface area contributed by atoms with Crippen molar-refractivity contribution in [2.24, 2.45) is 5.92 Å². The monoisotopic (exact) mass is 308 g/mol. The number of nitrogens with zero attached hydrogens (tertiary/aromatic N) is 1. The number of urea groups is 1. The van der Waals surface area contributed by atoms with Crippen molar-refractivity contribution >= 4 is 23.7 Å². The van der Waals surface area contributed by atoms with Gasteiger partial charge in [0.05, 0.1) is 19.4 Å². The van der Waals surface area contributed by atoms with Crippen molar-refractivity contribution in [1.29, 1.82) is 0 Å². The number of carbonyl (C=O) groups excluding carboxylic acids is 2. The van der Waals surface area contributed by atoms with Crippen LogP contribution in [0.2, 0.25) is 0 Å². The molecule has 22 heavy (non-hydrogen) atoms. The number of hydrogen-bond donors (Lipinski definition) is 2. The minimum atomic E-state index is -0.952. The Balaban J connectivity index is 2.57. The van der Waals surface area contributed by atoms with E-state index >= 15 is 0 Å². The summed E-state index contributed by atoms with van der Waals surface area (Å²) in [5.41, 5.74) is 1.34. The van der Waals surface area contributed by atoms with Gasteiger partial charge in [0.15, 0.2) is 0 Å². The number of carbonyl (C=O) groups is 3. The molecule has 2 N–H and O–H groups in total. The molecule has 0 saturated carbocycles. The molecule has 1 unspecified atom stereocenters. The molecule has 1 aromatic carbocycles. The Morgan fingerprint density at radius 3 is 2.36 bits per heavy atom. The minimum absolute atomic E-state index is 0.113. The molecule has 1 rings (SSSR count). The Hall–Kier alpha value is -2.57. The number of carboxylic acids is 1. The third kappa shape index (κ3) is 5.43. The van der Waals surface area contributed by atoms with Crippen LogP contribution in [-0.2, 0) is 20.7 Å².